The van der Waals surface area contributed by atoms with Crippen molar-refractivity contribution in [2.24, 2.45) is 0 Å². The molecule has 19 heavy (non-hydrogen) atoms. The summed E-state index contributed by atoms with van der Waals surface area (Å²) >= 11 is 0. The molecule has 2 rings (SSSR count). The van der Waals surface area contributed by atoms with Crippen LogP contribution in [0.1, 0.15) is 30.4 Å². The lowest BCUT2D eigenvalue weighted by Crippen LogP contribution is -2.57. The Balaban J connectivity index is 1.81. The van der Waals surface area contributed by atoms with Crippen LogP contribution in [0.15, 0.2) is 18.2 Å². The molecule has 1 fully saturated rings. The van der Waals surface area contributed by atoms with E-state index in [9.17, 15) is 9.90 Å². The number of nitrogens with one attached hydrogen (secondary N) is 1. The van der Waals surface area contributed by atoms with Gasteiger partial charge in [0.2, 0.25) is 0 Å². The SMILES string of the molecule is Cc1ccc(C)c(OCCNC2(C(=O)O)CCC2)c1. The first kappa shape index (κ1) is 13.9. The largest absolute Gasteiger partial charge is 0.492 e. The molecule has 1 saturated carbocycles. The third-order valence-corrected chi connectivity index (χ3v) is 3.78. The lowest BCUT2D eigenvalue weighted by atomic mass is 9.77. The van der Waals surface area contributed by atoms with Gasteiger partial charge in [-0.3, -0.25) is 10.1 Å². The smallest absolute Gasteiger partial charge is 0.323 e. The fraction of sp³-hybridized carbons (Fsp3) is 0.533. The van der Waals surface area contributed by atoms with Gasteiger partial charge in [0.05, 0.1) is 0 Å². The van der Waals surface area contributed by atoms with Crippen LogP contribution in [0.3, 0.4) is 0 Å². The Bertz CT molecular complexity index is 466. The highest BCUT2D eigenvalue weighted by Gasteiger charge is 2.43. The molecule has 1 aromatic carbocycles. The Kier molecular flexibility index (Phi) is 4.10. The molecule has 0 amide bonds. The molecule has 0 radical (unpaired) electrons. The van der Waals surface area contributed by atoms with Gasteiger partial charge in [-0.2, -0.15) is 0 Å². The summed E-state index contributed by atoms with van der Waals surface area (Å²) in [5, 5.41) is 12.3. The number of rotatable bonds is 6. The molecule has 0 heterocycles. The molecule has 0 atom stereocenters. The highest BCUT2D eigenvalue weighted by molar-refractivity contribution is 5.79. The number of benzene rings is 1. The van der Waals surface area contributed by atoms with Crippen LogP contribution in [0.4, 0.5) is 0 Å². The first-order chi connectivity index (χ1) is 9.03. The van der Waals surface area contributed by atoms with Crippen molar-refractivity contribution in [1.29, 1.82) is 0 Å². The van der Waals surface area contributed by atoms with E-state index in [1.165, 1.54) is 0 Å². The summed E-state index contributed by atoms with van der Waals surface area (Å²) < 4.78 is 5.71. The van der Waals surface area contributed by atoms with Crippen molar-refractivity contribution >= 4 is 5.97 Å². The predicted octanol–water partition coefficient (Wildman–Crippen LogP) is 2.28. The zero-order valence-electron chi connectivity index (χ0n) is 11.5. The van der Waals surface area contributed by atoms with Crippen LogP contribution in [0.25, 0.3) is 0 Å². The highest BCUT2D eigenvalue weighted by Crippen LogP contribution is 2.31. The molecular weight excluding hydrogens is 242 g/mol. The summed E-state index contributed by atoms with van der Waals surface area (Å²) in [5.74, 6) is 0.130. The summed E-state index contributed by atoms with van der Waals surface area (Å²) in [4.78, 5) is 11.2. The summed E-state index contributed by atoms with van der Waals surface area (Å²) in [7, 11) is 0. The number of carbonyl (C=O) groups is 1. The lowest BCUT2D eigenvalue weighted by molar-refractivity contribution is -0.148. The number of hydrogen-bond acceptors (Lipinski definition) is 3. The number of carboxylic acids is 1. The molecular formula is C15H21NO3. The van der Waals surface area contributed by atoms with Gasteiger partial charge in [0.15, 0.2) is 0 Å². The summed E-state index contributed by atoms with van der Waals surface area (Å²) in [6.07, 6.45) is 2.41. The minimum Gasteiger partial charge on any atom is -0.492 e. The maximum Gasteiger partial charge on any atom is 0.323 e. The van der Waals surface area contributed by atoms with Crippen LogP contribution in [-0.2, 0) is 4.79 Å². The Hall–Kier alpha value is -1.55. The Morgan fingerprint density at radius 2 is 2.16 bits per heavy atom. The van der Waals surface area contributed by atoms with Crippen LogP contribution in [0.2, 0.25) is 0 Å². The van der Waals surface area contributed by atoms with Gasteiger partial charge in [-0.25, -0.2) is 0 Å². The normalized spacial score (nSPS) is 16.7. The minimum atomic E-state index is -0.745. The lowest BCUT2D eigenvalue weighted by Gasteiger charge is -2.38. The first-order valence-corrected chi connectivity index (χ1v) is 6.72. The number of ether oxygens (including phenoxy) is 1. The van der Waals surface area contributed by atoms with E-state index < -0.39 is 11.5 Å². The fourth-order valence-electron chi connectivity index (χ4n) is 2.31. The molecule has 0 saturated heterocycles. The van der Waals surface area contributed by atoms with Crippen molar-refractivity contribution in [2.45, 2.75) is 38.6 Å². The Labute approximate surface area is 113 Å². The standard InChI is InChI=1S/C15H21NO3/c1-11-4-5-12(2)13(10-11)19-9-8-16-15(14(17)18)6-3-7-15/h4-5,10,16H,3,6-9H2,1-2H3,(H,17,18). The molecule has 1 aliphatic rings. The average molecular weight is 263 g/mol. The third-order valence-electron chi connectivity index (χ3n) is 3.78. The van der Waals surface area contributed by atoms with Crippen molar-refractivity contribution in [3.05, 3.63) is 29.3 Å². The molecule has 1 aliphatic carbocycles. The average Bonchev–Trinajstić information content (AvgIpc) is 2.30. The van der Waals surface area contributed by atoms with E-state index in [1.807, 2.05) is 32.0 Å². The van der Waals surface area contributed by atoms with Crippen molar-refractivity contribution in [2.75, 3.05) is 13.2 Å². The van der Waals surface area contributed by atoms with E-state index in [2.05, 4.69) is 5.32 Å². The zero-order valence-corrected chi connectivity index (χ0v) is 11.5. The Morgan fingerprint density at radius 1 is 1.42 bits per heavy atom. The van der Waals surface area contributed by atoms with Gasteiger partial charge in [-0.15, -0.1) is 0 Å². The summed E-state index contributed by atoms with van der Waals surface area (Å²) in [6.45, 7) is 5.07. The molecule has 1 aromatic rings. The molecule has 4 nitrogen and oxygen atoms in total. The van der Waals surface area contributed by atoms with E-state index in [4.69, 9.17) is 4.74 Å². The molecule has 0 spiro atoms. The minimum absolute atomic E-state index is 0.485. The second-order valence-corrected chi connectivity index (χ2v) is 5.29. The first-order valence-electron chi connectivity index (χ1n) is 6.72. The van der Waals surface area contributed by atoms with Gasteiger partial charge in [-0.05, 0) is 50.3 Å². The van der Waals surface area contributed by atoms with E-state index in [0.717, 1.165) is 23.3 Å². The van der Waals surface area contributed by atoms with Crippen LogP contribution in [-0.4, -0.2) is 29.8 Å². The topological polar surface area (TPSA) is 58.6 Å². The monoisotopic (exact) mass is 263 g/mol. The van der Waals surface area contributed by atoms with Gasteiger partial charge in [0.1, 0.15) is 17.9 Å². The number of aryl methyl sites for hydroxylation is 2. The second kappa shape index (κ2) is 5.61. The van der Waals surface area contributed by atoms with E-state index in [1.54, 1.807) is 0 Å². The quantitative estimate of drug-likeness (QED) is 0.773. The molecule has 2 N–H and O–H groups in total. The zero-order chi connectivity index (χ0) is 13.9. The van der Waals surface area contributed by atoms with Crippen LogP contribution >= 0.6 is 0 Å². The highest BCUT2D eigenvalue weighted by atomic mass is 16.5. The Morgan fingerprint density at radius 3 is 2.74 bits per heavy atom. The van der Waals surface area contributed by atoms with Crippen molar-refractivity contribution in [1.82, 2.24) is 5.32 Å². The number of carboxylic acid groups (broad SMARTS) is 1. The molecule has 4 heteroatoms. The molecule has 0 unspecified atom stereocenters. The van der Waals surface area contributed by atoms with Gasteiger partial charge in [0.25, 0.3) is 0 Å². The number of aliphatic carboxylic acids is 1. The summed E-state index contributed by atoms with van der Waals surface area (Å²) in [5.41, 5.74) is 1.56. The second-order valence-electron chi connectivity index (χ2n) is 5.29. The van der Waals surface area contributed by atoms with Gasteiger partial charge in [-0.1, -0.05) is 12.1 Å². The van der Waals surface area contributed by atoms with Crippen LogP contribution in [0.5, 0.6) is 5.75 Å². The predicted molar refractivity (Wildman–Crippen MR) is 73.6 cm³/mol. The molecule has 104 valence electrons. The third kappa shape index (κ3) is 3.07. The molecule has 0 aromatic heterocycles. The van der Waals surface area contributed by atoms with Gasteiger partial charge >= 0.3 is 5.97 Å². The maximum atomic E-state index is 11.2. The van der Waals surface area contributed by atoms with Gasteiger partial charge < -0.3 is 9.84 Å². The van der Waals surface area contributed by atoms with Crippen molar-refractivity contribution in [3.63, 3.8) is 0 Å². The van der Waals surface area contributed by atoms with E-state index in [0.29, 0.717) is 26.0 Å². The molecule has 0 bridgehead atoms. The summed E-state index contributed by atoms with van der Waals surface area (Å²) in [6, 6.07) is 6.09. The van der Waals surface area contributed by atoms with Crippen molar-refractivity contribution < 1.29 is 14.6 Å². The maximum absolute atomic E-state index is 11.2. The molecule has 0 aliphatic heterocycles. The van der Waals surface area contributed by atoms with Crippen molar-refractivity contribution in [3.8, 4) is 5.75 Å². The fourth-order valence-corrected chi connectivity index (χ4v) is 2.31. The van der Waals surface area contributed by atoms with Crippen LogP contribution < -0.4 is 10.1 Å². The number of hydrogen-bond donors (Lipinski definition) is 2. The van der Waals surface area contributed by atoms with E-state index >= 15 is 0 Å². The van der Waals surface area contributed by atoms with E-state index in [-0.39, 0.29) is 0 Å². The van der Waals surface area contributed by atoms with Crippen LogP contribution in [0, 0.1) is 13.8 Å². The van der Waals surface area contributed by atoms with Gasteiger partial charge in [0, 0.05) is 6.54 Å².